The topological polar surface area (TPSA) is 55.8 Å². The zero-order valence-corrected chi connectivity index (χ0v) is 14.7. The second kappa shape index (κ2) is 7.74. The molecular weight excluding hydrogens is 328 g/mol. The molecule has 0 aliphatic heterocycles. The number of benzene rings is 3. The summed E-state index contributed by atoms with van der Waals surface area (Å²) in [5, 5.41) is 11.7. The van der Waals surface area contributed by atoms with Crippen LogP contribution in [0.4, 0.5) is 0 Å². The number of phenolic OH excluding ortho intramolecular Hbond substituents is 1. The molecule has 4 heteroatoms. The van der Waals surface area contributed by atoms with Crippen molar-refractivity contribution in [3.8, 4) is 17.2 Å². The predicted molar refractivity (Wildman–Crippen MR) is 103 cm³/mol. The molecule has 0 atom stereocenters. The molecule has 0 heterocycles. The summed E-state index contributed by atoms with van der Waals surface area (Å²) in [6, 6.07) is 16.3. The summed E-state index contributed by atoms with van der Waals surface area (Å²) in [6.45, 7) is 2.31. The molecule has 132 valence electrons. The number of methoxy groups -OCH3 is 1. The van der Waals surface area contributed by atoms with Gasteiger partial charge in [-0.1, -0.05) is 30.3 Å². The first kappa shape index (κ1) is 17.5. The number of rotatable bonds is 6. The average Bonchev–Trinajstić information content (AvgIpc) is 2.67. The van der Waals surface area contributed by atoms with E-state index in [-0.39, 0.29) is 11.5 Å². The molecule has 0 aliphatic rings. The van der Waals surface area contributed by atoms with Gasteiger partial charge < -0.3 is 14.6 Å². The molecule has 0 aromatic heterocycles. The van der Waals surface area contributed by atoms with Crippen molar-refractivity contribution in [3.05, 3.63) is 71.8 Å². The summed E-state index contributed by atoms with van der Waals surface area (Å²) in [6.07, 6.45) is 3.23. The van der Waals surface area contributed by atoms with E-state index in [0.29, 0.717) is 17.9 Å². The fraction of sp³-hybridized carbons (Fsp3) is 0.136. The van der Waals surface area contributed by atoms with Gasteiger partial charge in [-0.2, -0.15) is 0 Å². The first-order valence-electron chi connectivity index (χ1n) is 8.36. The maximum absolute atomic E-state index is 12.5. The Balaban J connectivity index is 1.82. The van der Waals surface area contributed by atoms with E-state index in [9.17, 15) is 9.90 Å². The van der Waals surface area contributed by atoms with Crippen LogP contribution in [0.2, 0.25) is 0 Å². The van der Waals surface area contributed by atoms with Crippen molar-refractivity contribution in [3.63, 3.8) is 0 Å². The Kier molecular flexibility index (Phi) is 5.23. The van der Waals surface area contributed by atoms with E-state index in [4.69, 9.17) is 9.47 Å². The number of ether oxygens (including phenoxy) is 2. The Morgan fingerprint density at radius 1 is 1.04 bits per heavy atom. The molecule has 4 nitrogen and oxygen atoms in total. The Labute approximate surface area is 152 Å². The highest BCUT2D eigenvalue weighted by atomic mass is 16.5. The molecule has 0 amide bonds. The van der Waals surface area contributed by atoms with Crippen LogP contribution in [0.5, 0.6) is 17.2 Å². The maximum Gasteiger partial charge on any atom is 0.185 e. The van der Waals surface area contributed by atoms with Gasteiger partial charge in [0.25, 0.3) is 0 Å². The minimum atomic E-state index is -0.0891. The van der Waals surface area contributed by atoms with E-state index < -0.39 is 0 Å². The van der Waals surface area contributed by atoms with E-state index in [2.05, 4.69) is 0 Å². The molecule has 0 saturated heterocycles. The van der Waals surface area contributed by atoms with Gasteiger partial charge in [-0.25, -0.2) is 0 Å². The van der Waals surface area contributed by atoms with E-state index in [1.54, 1.807) is 37.5 Å². The van der Waals surface area contributed by atoms with E-state index in [1.807, 2.05) is 37.3 Å². The van der Waals surface area contributed by atoms with E-state index in [0.717, 1.165) is 22.1 Å². The molecule has 3 aromatic carbocycles. The molecule has 3 rings (SSSR count). The van der Waals surface area contributed by atoms with Crippen LogP contribution in [-0.4, -0.2) is 24.6 Å². The summed E-state index contributed by atoms with van der Waals surface area (Å²) in [5.74, 6) is 1.18. The van der Waals surface area contributed by atoms with Crippen molar-refractivity contribution in [1.82, 2.24) is 0 Å². The Hall–Kier alpha value is -3.27. The second-order valence-corrected chi connectivity index (χ2v) is 5.79. The third-order valence-electron chi connectivity index (χ3n) is 4.04. The van der Waals surface area contributed by atoms with Crippen LogP contribution >= 0.6 is 0 Å². The van der Waals surface area contributed by atoms with Gasteiger partial charge in [0.2, 0.25) is 0 Å². The van der Waals surface area contributed by atoms with Crippen LogP contribution in [0.15, 0.2) is 60.7 Å². The molecule has 0 bridgehead atoms. The number of hydrogen-bond acceptors (Lipinski definition) is 4. The summed E-state index contributed by atoms with van der Waals surface area (Å²) in [4.78, 5) is 12.5. The largest absolute Gasteiger partial charge is 0.504 e. The van der Waals surface area contributed by atoms with Crippen LogP contribution in [0.3, 0.4) is 0 Å². The van der Waals surface area contributed by atoms with Crippen LogP contribution < -0.4 is 9.47 Å². The Bertz CT molecular complexity index is 973. The quantitative estimate of drug-likeness (QED) is 0.511. The van der Waals surface area contributed by atoms with Gasteiger partial charge in [0.1, 0.15) is 5.75 Å². The van der Waals surface area contributed by atoms with E-state index >= 15 is 0 Å². The lowest BCUT2D eigenvalue weighted by Crippen LogP contribution is -1.94. The lowest BCUT2D eigenvalue weighted by Gasteiger charge is -2.06. The zero-order chi connectivity index (χ0) is 18.5. The third-order valence-corrected chi connectivity index (χ3v) is 4.04. The average molecular weight is 348 g/mol. The molecule has 0 saturated carbocycles. The number of carbonyl (C=O) groups is 1. The van der Waals surface area contributed by atoms with Crippen LogP contribution in [-0.2, 0) is 0 Å². The lowest BCUT2D eigenvalue weighted by molar-refractivity contribution is 0.104. The Morgan fingerprint density at radius 2 is 1.81 bits per heavy atom. The van der Waals surface area contributed by atoms with Gasteiger partial charge in [0.05, 0.1) is 13.7 Å². The monoisotopic (exact) mass is 348 g/mol. The summed E-state index contributed by atoms with van der Waals surface area (Å²) < 4.78 is 10.6. The first-order chi connectivity index (χ1) is 12.6. The number of carbonyl (C=O) groups excluding carboxylic acids is 1. The molecule has 3 aromatic rings. The predicted octanol–water partition coefficient (Wildman–Crippen LogP) is 4.85. The molecular formula is C22H20O4. The summed E-state index contributed by atoms with van der Waals surface area (Å²) >= 11 is 0. The second-order valence-electron chi connectivity index (χ2n) is 5.79. The minimum absolute atomic E-state index is 0.0836. The third kappa shape index (κ3) is 3.86. The van der Waals surface area contributed by atoms with Crippen LogP contribution in [0, 0.1) is 0 Å². The van der Waals surface area contributed by atoms with Crippen molar-refractivity contribution < 1.29 is 19.4 Å². The summed E-state index contributed by atoms with van der Waals surface area (Å²) in [5.41, 5.74) is 1.40. The lowest BCUT2D eigenvalue weighted by atomic mass is 10.0. The van der Waals surface area contributed by atoms with E-state index in [1.165, 1.54) is 6.08 Å². The molecule has 0 unspecified atom stereocenters. The highest BCUT2D eigenvalue weighted by Crippen LogP contribution is 2.27. The van der Waals surface area contributed by atoms with Crippen molar-refractivity contribution in [2.75, 3.05) is 13.7 Å². The van der Waals surface area contributed by atoms with Crippen molar-refractivity contribution in [2.24, 2.45) is 0 Å². The van der Waals surface area contributed by atoms with Crippen LogP contribution in [0.25, 0.3) is 16.8 Å². The fourth-order valence-corrected chi connectivity index (χ4v) is 2.68. The van der Waals surface area contributed by atoms with Gasteiger partial charge in [-0.3, -0.25) is 4.79 Å². The van der Waals surface area contributed by atoms with Gasteiger partial charge in [0, 0.05) is 5.56 Å². The number of fused-ring (bicyclic) bond motifs is 1. The van der Waals surface area contributed by atoms with Gasteiger partial charge in [-0.05, 0) is 59.7 Å². The number of phenols is 1. The SMILES string of the molecule is CCOc1cc(/C=C/C(=O)c2ccc3cc(OC)ccc3c2)ccc1O. The smallest absolute Gasteiger partial charge is 0.185 e. The minimum Gasteiger partial charge on any atom is -0.504 e. The van der Waals surface area contributed by atoms with Crippen molar-refractivity contribution in [2.45, 2.75) is 6.92 Å². The molecule has 0 radical (unpaired) electrons. The standard InChI is InChI=1S/C22H20O4/c1-3-26-22-12-15(5-11-21(22)24)4-10-20(23)18-7-6-17-14-19(25-2)9-8-16(17)13-18/h4-14,24H,3H2,1-2H3/b10-4+. The summed E-state index contributed by atoms with van der Waals surface area (Å²) in [7, 11) is 1.63. The fourth-order valence-electron chi connectivity index (χ4n) is 2.68. The number of hydrogen-bond donors (Lipinski definition) is 1. The van der Waals surface area contributed by atoms with Gasteiger partial charge >= 0.3 is 0 Å². The molecule has 0 aliphatic carbocycles. The maximum atomic E-state index is 12.5. The molecule has 1 N–H and O–H groups in total. The number of ketones is 1. The zero-order valence-electron chi connectivity index (χ0n) is 14.7. The molecule has 26 heavy (non-hydrogen) atoms. The van der Waals surface area contributed by atoms with Crippen molar-refractivity contribution >= 4 is 22.6 Å². The number of aromatic hydroxyl groups is 1. The van der Waals surface area contributed by atoms with Crippen molar-refractivity contribution in [1.29, 1.82) is 0 Å². The molecule has 0 spiro atoms. The molecule has 0 fully saturated rings. The first-order valence-corrected chi connectivity index (χ1v) is 8.36. The van der Waals surface area contributed by atoms with Crippen LogP contribution in [0.1, 0.15) is 22.8 Å². The Morgan fingerprint density at radius 3 is 2.58 bits per heavy atom. The normalized spacial score (nSPS) is 11.0. The number of allylic oxidation sites excluding steroid dienone is 1. The van der Waals surface area contributed by atoms with Gasteiger partial charge in [0.15, 0.2) is 17.3 Å². The highest BCUT2D eigenvalue weighted by molar-refractivity contribution is 6.08. The highest BCUT2D eigenvalue weighted by Gasteiger charge is 2.06. The van der Waals surface area contributed by atoms with Gasteiger partial charge in [-0.15, -0.1) is 0 Å².